The van der Waals surface area contributed by atoms with Crippen LogP contribution >= 0.6 is 0 Å². The van der Waals surface area contributed by atoms with Crippen LogP contribution in [-0.2, 0) is 4.74 Å². The number of hydrogen-bond donors (Lipinski definition) is 0. The summed E-state index contributed by atoms with van der Waals surface area (Å²) in [5.41, 5.74) is 1.48. The maximum atomic E-state index is 12.7. The first kappa shape index (κ1) is 17.5. The van der Waals surface area contributed by atoms with E-state index in [0.29, 0.717) is 17.4 Å². The Hall–Kier alpha value is -3.32. The number of para-hydroxylation sites is 1. The maximum Gasteiger partial charge on any atom is 0.419 e. The lowest BCUT2D eigenvalue weighted by Crippen LogP contribution is -2.28. The number of aromatic nitrogens is 1. The SMILES string of the molecule is CC(C)(C)OC(=O)n1c(C=O)c(C#Cc2ccccc2)c2ccccc21. The van der Waals surface area contributed by atoms with Gasteiger partial charge in [0.05, 0.1) is 11.1 Å². The fraction of sp³-hybridized carbons (Fsp3) is 0.182. The van der Waals surface area contributed by atoms with Crippen molar-refractivity contribution in [3.8, 4) is 11.8 Å². The molecule has 0 radical (unpaired) electrons. The van der Waals surface area contributed by atoms with Gasteiger partial charge in [0, 0.05) is 10.9 Å². The van der Waals surface area contributed by atoms with Crippen LogP contribution in [-0.4, -0.2) is 22.5 Å². The third-order valence-electron chi connectivity index (χ3n) is 3.70. The van der Waals surface area contributed by atoms with E-state index in [-0.39, 0.29) is 5.69 Å². The number of benzene rings is 2. The van der Waals surface area contributed by atoms with E-state index < -0.39 is 11.7 Å². The standard InChI is InChI=1S/C22H19NO3/c1-22(2,3)26-21(25)23-19-12-8-7-11-17(19)18(20(23)15-24)14-13-16-9-5-4-6-10-16/h4-12,15H,1-3H3. The van der Waals surface area contributed by atoms with Crippen LogP contribution in [0.1, 0.15) is 42.4 Å². The third kappa shape index (κ3) is 3.52. The molecule has 0 atom stereocenters. The lowest BCUT2D eigenvalue weighted by atomic mass is 10.1. The molecule has 0 N–H and O–H groups in total. The van der Waals surface area contributed by atoms with Crippen molar-refractivity contribution in [1.82, 2.24) is 4.57 Å². The van der Waals surface area contributed by atoms with Gasteiger partial charge in [-0.25, -0.2) is 9.36 Å². The molecule has 0 aliphatic heterocycles. The molecule has 0 aliphatic carbocycles. The molecule has 0 saturated heterocycles. The van der Waals surface area contributed by atoms with Crippen molar-refractivity contribution in [3.05, 3.63) is 71.4 Å². The fourth-order valence-corrected chi connectivity index (χ4v) is 2.66. The Morgan fingerprint density at radius 2 is 1.65 bits per heavy atom. The molecule has 0 aliphatic rings. The number of ether oxygens (including phenoxy) is 1. The Morgan fingerprint density at radius 3 is 2.31 bits per heavy atom. The van der Waals surface area contributed by atoms with E-state index in [1.807, 2.05) is 48.5 Å². The molecule has 0 saturated carbocycles. The number of hydrogen-bond acceptors (Lipinski definition) is 3. The molecule has 1 aromatic heterocycles. The van der Waals surface area contributed by atoms with Gasteiger partial charge in [0.1, 0.15) is 11.3 Å². The second kappa shape index (κ2) is 6.89. The van der Waals surface area contributed by atoms with E-state index >= 15 is 0 Å². The number of rotatable bonds is 1. The van der Waals surface area contributed by atoms with Crippen molar-refractivity contribution in [2.75, 3.05) is 0 Å². The van der Waals surface area contributed by atoms with Crippen LogP contribution in [0.2, 0.25) is 0 Å². The number of carbonyl (C=O) groups excluding carboxylic acids is 2. The molecular weight excluding hydrogens is 326 g/mol. The third-order valence-corrected chi connectivity index (χ3v) is 3.70. The zero-order chi connectivity index (χ0) is 18.7. The molecule has 4 nitrogen and oxygen atoms in total. The normalized spacial score (nSPS) is 10.9. The van der Waals surface area contributed by atoms with Crippen LogP contribution < -0.4 is 0 Å². The van der Waals surface area contributed by atoms with Crippen molar-refractivity contribution >= 4 is 23.3 Å². The highest BCUT2D eigenvalue weighted by atomic mass is 16.6. The summed E-state index contributed by atoms with van der Waals surface area (Å²) in [4.78, 5) is 24.5. The summed E-state index contributed by atoms with van der Waals surface area (Å²) in [5.74, 6) is 6.11. The van der Waals surface area contributed by atoms with Gasteiger partial charge in [-0.1, -0.05) is 48.2 Å². The summed E-state index contributed by atoms with van der Waals surface area (Å²) >= 11 is 0. The Balaban J connectivity index is 2.20. The summed E-state index contributed by atoms with van der Waals surface area (Å²) in [6.45, 7) is 5.36. The summed E-state index contributed by atoms with van der Waals surface area (Å²) in [7, 11) is 0. The zero-order valence-electron chi connectivity index (χ0n) is 14.9. The zero-order valence-corrected chi connectivity index (χ0v) is 14.9. The summed E-state index contributed by atoms with van der Waals surface area (Å²) in [6, 6.07) is 16.8. The minimum atomic E-state index is -0.668. The molecule has 0 amide bonds. The number of fused-ring (bicyclic) bond motifs is 1. The Morgan fingerprint density at radius 1 is 1.00 bits per heavy atom. The number of nitrogens with zero attached hydrogens (tertiary/aromatic N) is 1. The van der Waals surface area contributed by atoms with Gasteiger partial charge in [-0.15, -0.1) is 0 Å². The topological polar surface area (TPSA) is 48.3 Å². The molecular formula is C22H19NO3. The van der Waals surface area contributed by atoms with Crippen molar-refractivity contribution in [2.45, 2.75) is 26.4 Å². The number of aldehydes is 1. The second-order valence-corrected chi connectivity index (χ2v) is 6.83. The molecule has 26 heavy (non-hydrogen) atoms. The largest absolute Gasteiger partial charge is 0.443 e. The van der Waals surface area contributed by atoms with Crippen LogP contribution in [0.4, 0.5) is 4.79 Å². The van der Waals surface area contributed by atoms with Crippen LogP contribution in [0.5, 0.6) is 0 Å². The predicted octanol–water partition coefficient (Wildman–Crippen LogP) is 4.64. The Labute approximate surface area is 152 Å². The molecule has 0 spiro atoms. The van der Waals surface area contributed by atoms with E-state index in [2.05, 4.69) is 11.8 Å². The second-order valence-electron chi connectivity index (χ2n) is 6.83. The molecule has 2 aromatic carbocycles. The number of carbonyl (C=O) groups is 2. The molecule has 0 unspecified atom stereocenters. The molecule has 130 valence electrons. The van der Waals surface area contributed by atoms with E-state index in [4.69, 9.17) is 4.74 Å². The lowest BCUT2D eigenvalue weighted by Gasteiger charge is -2.20. The Kier molecular flexibility index (Phi) is 4.64. The van der Waals surface area contributed by atoms with Crippen molar-refractivity contribution < 1.29 is 14.3 Å². The van der Waals surface area contributed by atoms with Gasteiger partial charge in [-0.05, 0) is 39.0 Å². The molecule has 3 rings (SSSR count). The lowest BCUT2D eigenvalue weighted by molar-refractivity contribution is 0.0538. The molecule has 3 aromatic rings. The summed E-state index contributed by atoms with van der Waals surface area (Å²) in [5, 5.41) is 0.740. The van der Waals surface area contributed by atoms with Crippen LogP contribution in [0.25, 0.3) is 10.9 Å². The van der Waals surface area contributed by atoms with Crippen LogP contribution in [0.3, 0.4) is 0 Å². The van der Waals surface area contributed by atoms with Crippen LogP contribution in [0, 0.1) is 11.8 Å². The average molecular weight is 345 g/mol. The Bertz CT molecular complexity index is 1030. The van der Waals surface area contributed by atoms with Gasteiger partial charge in [0.25, 0.3) is 0 Å². The van der Waals surface area contributed by atoms with E-state index in [1.165, 1.54) is 4.57 Å². The highest BCUT2D eigenvalue weighted by molar-refractivity contribution is 6.02. The van der Waals surface area contributed by atoms with Gasteiger partial charge in [0.15, 0.2) is 6.29 Å². The van der Waals surface area contributed by atoms with Gasteiger partial charge >= 0.3 is 6.09 Å². The summed E-state index contributed by atoms with van der Waals surface area (Å²) < 4.78 is 6.76. The van der Waals surface area contributed by atoms with Gasteiger partial charge in [-0.2, -0.15) is 0 Å². The molecule has 0 fully saturated rings. The van der Waals surface area contributed by atoms with Crippen molar-refractivity contribution in [1.29, 1.82) is 0 Å². The van der Waals surface area contributed by atoms with E-state index in [1.54, 1.807) is 26.8 Å². The average Bonchev–Trinajstić information content (AvgIpc) is 2.93. The van der Waals surface area contributed by atoms with Gasteiger partial charge in [-0.3, -0.25) is 4.79 Å². The van der Waals surface area contributed by atoms with Gasteiger partial charge < -0.3 is 4.74 Å². The summed E-state index contributed by atoms with van der Waals surface area (Å²) in [6.07, 6.45) is 0.0578. The first-order valence-corrected chi connectivity index (χ1v) is 8.30. The maximum absolute atomic E-state index is 12.7. The quantitative estimate of drug-likeness (QED) is 0.477. The predicted molar refractivity (Wildman–Crippen MR) is 101 cm³/mol. The minimum Gasteiger partial charge on any atom is -0.443 e. The monoisotopic (exact) mass is 345 g/mol. The smallest absolute Gasteiger partial charge is 0.419 e. The first-order valence-electron chi connectivity index (χ1n) is 8.30. The fourth-order valence-electron chi connectivity index (χ4n) is 2.66. The highest BCUT2D eigenvalue weighted by Crippen LogP contribution is 2.26. The highest BCUT2D eigenvalue weighted by Gasteiger charge is 2.24. The van der Waals surface area contributed by atoms with E-state index in [9.17, 15) is 9.59 Å². The van der Waals surface area contributed by atoms with Crippen LogP contribution in [0.15, 0.2) is 54.6 Å². The first-order chi connectivity index (χ1) is 12.4. The van der Waals surface area contributed by atoms with Crippen molar-refractivity contribution in [3.63, 3.8) is 0 Å². The minimum absolute atomic E-state index is 0.198. The molecule has 1 heterocycles. The van der Waals surface area contributed by atoms with Gasteiger partial charge in [0.2, 0.25) is 0 Å². The van der Waals surface area contributed by atoms with E-state index in [0.717, 1.165) is 10.9 Å². The van der Waals surface area contributed by atoms with Crippen molar-refractivity contribution in [2.24, 2.45) is 0 Å². The molecule has 4 heteroatoms. The molecule has 0 bridgehead atoms.